The highest BCUT2D eigenvalue weighted by Crippen LogP contribution is 2.37. The van der Waals surface area contributed by atoms with E-state index >= 15 is 4.39 Å². The molecule has 3 heterocycles. The number of alkyl halides is 3. The van der Waals surface area contributed by atoms with Gasteiger partial charge in [0.2, 0.25) is 0 Å². The van der Waals surface area contributed by atoms with Gasteiger partial charge in [-0.25, -0.2) is 23.7 Å². The number of urea groups is 1. The number of anilines is 2. The number of fused-ring (bicyclic) bond motifs is 1. The van der Waals surface area contributed by atoms with Crippen molar-refractivity contribution in [1.82, 2.24) is 30.2 Å². The first kappa shape index (κ1) is 24.6. The van der Waals surface area contributed by atoms with Gasteiger partial charge in [-0.05, 0) is 31.6 Å². The lowest BCUT2D eigenvalue weighted by molar-refractivity contribution is -0.123. The third-order valence-electron chi connectivity index (χ3n) is 5.26. The summed E-state index contributed by atoms with van der Waals surface area (Å²) in [7, 11) is 0. The largest absolute Gasteiger partial charge is 0.405 e. The van der Waals surface area contributed by atoms with Crippen molar-refractivity contribution in [3.63, 3.8) is 0 Å². The molecule has 4 rings (SSSR count). The molecule has 3 amide bonds. The van der Waals surface area contributed by atoms with Crippen LogP contribution < -0.4 is 21.7 Å². The molecule has 14 heteroatoms. The van der Waals surface area contributed by atoms with E-state index in [9.17, 15) is 22.8 Å². The number of nitrogen functional groups attached to an aromatic ring is 1. The van der Waals surface area contributed by atoms with Crippen molar-refractivity contribution in [1.29, 1.82) is 0 Å². The number of nitrogens with zero attached hydrogens (tertiary/aromatic N) is 4. The summed E-state index contributed by atoms with van der Waals surface area (Å²) in [6, 6.07) is 4.29. The lowest BCUT2D eigenvalue weighted by Crippen LogP contribution is -2.34. The molecule has 0 aromatic carbocycles. The van der Waals surface area contributed by atoms with E-state index in [1.807, 2.05) is 0 Å². The summed E-state index contributed by atoms with van der Waals surface area (Å²) < 4.78 is 54.1. The zero-order chi connectivity index (χ0) is 26.0. The topological polar surface area (TPSA) is 139 Å². The highest BCUT2D eigenvalue weighted by molar-refractivity contribution is 5.99. The maximum absolute atomic E-state index is 15.0. The molecule has 3 aromatic heterocycles. The standard InChI is InChI=1S/C22H20F4N8O2/c1-11-3-2-4-16(31-11)33-21(36)32-15-6-5-12(7-14(15)23)17-13(20(35)28-9-22(24,25)26)8-34-18(17)19(27)29-10-30-34/h2-4,6-8,10,12H,5,9H2,1H3,(H,28,35)(H2,27,29,30)(H2,31,32,33,36). The Morgan fingerprint density at radius 2 is 2.03 bits per heavy atom. The number of halogens is 4. The van der Waals surface area contributed by atoms with Crippen molar-refractivity contribution in [3.05, 3.63) is 71.2 Å². The van der Waals surface area contributed by atoms with Crippen molar-refractivity contribution < 1.29 is 27.2 Å². The zero-order valence-corrected chi connectivity index (χ0v) is 18.7. The number of nitrogens with one attached hydrogen (secondary N) is 3. The molecule has 0 bridgehead atoms. The first-order valence-electron chi connectivity index (χ1n) is 10.6. The molecule has 188 valence electrons. The summed E-state index contributed by atoms with van der Waals surface area (Å²) in [5.41, 5.74) is 6.67. The van der Waals surface area contributed by atoms with Crippen LogP contribution in [0.4, 0.5) is 34.0 Å². The second-order valence-corrected chi connectivity index (χ2v) is 7.91. The summed E-state index contributed by atoms with van der Waals surface area (Å²) in [4.78, 5) is 32.9. The van der Waals surface area contributed by atoms with Crippen LogP contribution in [-0.2, 0) is 0 Å². The molecule has 5 N–H and O–H groups in total. The number of carbonyl (C=O) groups excluding carboxylic acids is 2. The summed E-state index contributed by atoms with van der Waals surface area (Å²) in [5, 5.41) is 10.6. The molecule has 0 fully saturated rings. The SMILES string of the molecule is Cc1cccc(NC(=O)NC2=CCC(c3c(C(=O)NCC(F)(F)F)cn4ncnc(N)c34)C=C2F)n1. The van der Waals surface area contributed by atoms with E-state index < -0.39 is 36.4 Å². The van der Waals surface area contributed by atoms with Crippen LogP contribution >= 0.6 is 0 Å². The van der Waals surface area contributed by atoms with Gasteiger partial charge in [-0.15, -0.1) is 0 Å². The number of hydrogen-bond donors (Lipinski definition) is 4. The van der Waals surface area contributed by atoms with Crippen molar-refractivity contribution in [2.75, 3.05) is 17.6 Å². The van der Waals surface area contributed by atoms with Crippen LogP contribution in [0.2, 0.25) is 0 Å². The predicted octanol–water partition coefficient (Wildman–Crippen LogP) is 3.35. The molecule has 36 heavy (non-hydrogen) atoms. The molecule has 0 radical (unpaired) electrons. The van der Waals surface area contributed by atoms with Crippen LogP contribution in [0.25, 0.3) is 5.52 Å². The maximum atomic E-state index is 15.0. The minimum atomic E-state index is -4.62. The van der Waals surface area contributed by atoms with Crippen LogP contribution in [0.3, 0.4) is 0 Å². The highest BCUT2D eigenvalue weighted by atomic mass is 19.4. The zero-order valence-electron chi connectivity index (χ0n) is 18.7. The third-order valence-corrected chi connectivity index (χ3v) is 5.26. The number of aryl methyl sites for hydroxylation is 1. The van der Waals surface area contributed by atoms with Crippen LogP contribution in [-0.4, -0.2) is 44.2 Å². The average molecular weight is 504 g/mol. The molecule has 0 saturated heterocycles. The number of carbonyl (C=O) groups is 2. The maximum Gasteiger partial charge on any atom is 0.405 e. The minimum Gasteiger partial charge on any atom is -0.382 e. The molecular formula is C22H20F4N8O2. The Morgan fingerprint density at radius 1 is 1.25 bits per heavy atom. The molecule has 1 aliphatic carbocycles. The lowest BCUT2D eigenvalue weighted by Gasteiger charge is -2.20. The molecule has 1 atom stereocenters. The Labute approximate surface area is 201 Å². The molecule has 10 nitrogen and oxygen atoms in total. The number of nitrogens with two attached hydrogens (primary N) is 1. The van der Waals surface area contributed by atoms with E-state index in [0.29, 0.717) is 5.69 Å². The van der Waals surface area contributed by atoms with Gasteiger partial charge in [-0.1, -0.05) is 12.1 Å². The Bertz CT molecular complexity index is 1400. The monoisotopic (exact) mass is 504 g/mol. The van der Waals surface area contributed by atoms with Gasteiger partial charge in [0.05, 0.1) is 11.3 Å². The van der Waals surface area contributed by atoms with Crippen LogP contribution in [0.1, 0.15) is 34.0 Å². The summed E-state index contributed by atoms with van der Waals surface area (Å²) >= 11 is 0. The van der Waals surface area contributed by atoms with Crippen LogP contribution in [0, 0.1) is 6.92 Å². The van der Waals surface area contributed by atoms with Gasteiger partial charge in [0.1, 0.15) is 30.0 Å². The minimum absolute atomic E-state index is 0.0402. The van der Waals surface area contributed by atoms with Gasteiger partial charge in [0, 0.05) is 23.4 Å². The number of rotatable bonds is 5. The van der Waals surface area contributed by atoms with E-state index in [2.05, 4.69) is 25.7 Å². The summed E-state index contributed by atoms with van der Waals surface area (Å²) in [6.07, 6.45) is 0.332. The molecular weight excluding hydrogens is 484 g/mol. The Kier molecular flexibility index (Phi) is 6.59. The second-order valence-electron chi connectivity index (χ2n) is 7.91. The van der Waals surface area contributed by atoms with Gasteiger partial charge < -0.3 is 16.4 Å². The fraction of sp³-hybridized carbons (Fsp3) is 0.227. The lowest BCUT2D eigenvalue weighted by atomic mass is 9.89. The summed E-state index contributed by atoms with van der Waals surface area (Å²) in [5.74, 6) is -2.41. The number of pyridine rings is 1. The molecule has 1 aliphatic rings. The number of amides is 3. The first-order valence-corrected chi connectivity index (χ1v) is 10.6. The van der Waals surface area contributed by atoms with Gasteiger partial charge in [-0.2, -0.15) is 18.3 Å². The van der Waals surface area contributed by atoms with E-state index in [4.69, 9.17) is 5.73 Å². The van der Waals surface area contributed by atoms with E-state index in [1.165, 1.54) is 16.8 Å². The van der Waals surface area contributed by atoms with Crippen molar-refractivity contribution in [2.45, 2.75) is 25.4 Å². The number of aromatic nitrogens is 4. The smallest absolute Gasteiger partial charge is 0.382 e. The molecule has 3 aromatic rings. The fourth-order valence-corrected chi connectivity index (χ4v) is 3.76. The molecule has 1 unspecified atom stereocenters. The van der Waals surface area contributed by atoms with Crippen molar-refractivity contribution in [2.24, 2.45) is 0 Å². The number of allylic oxidation sites excluding steroid dienone is 3. The van der Waals surface area contributed by atoms with Crippen LogP contribution in [0.15, 0.2) is 54.4 Å². The second kappa shape index (κ2) is 9.64. The average Bonchev–Trinajstić information content (AvgIpc) is 3.19. The first-order chi connectivity index (χ1) is 17.0. The highest BCUT2D eigenvalue weighted by Gasteiger charge is 2.31. The van der Waals surface area contributed by atoms with Gasteiger partial charge in [-0.3, -0.25) is 10.1 Å². The van der Waals surface area contributed by atoms with E-state index in [1.54, 1.807) is 30.4 Å². The Hall–Kier alpha value is -4.49. The molecule has 0 aliphatic heterocycles. The summed E-state index contributed by atoms with van der Waals surface area (Å²) in [6.45, 7) is 0.197. The normalized spacial score (nSPS) is 15.8. The Balaban J connectivity index is 1.58. The Morgan fingerprint density at radius 3 is 2.72 bits per heavy atom. The quantitative estimate of drug-likeness (QED) is 0.393. The fourth-order valence-electron chi connectivity index (χ4n) is 3.76. The van der Waals surface area contributed by atoms with Crippen LogP contribution in [0.5, 0.6) is 0 Å². The van der Waals surface area contributed by atoms with Gasteiger partial charge in [0.15, 0.2) is 5.82 Å². The van der Waals surface area contributed by atoms with Gasteiger partial charge >= 0.3 is 12.2 Å². The molecule has 0 saturated carbocycles. The number of hydrogen-bond acceptors (Lipinski definition) is 6. The van der Waals surface area contributed by atoms with E-state index in [-0.39, 0.29) is 40.4 Å². The molecule has 0 spiro atoms. The van der Waals surface area contributed by atoms with Gasteiger partial charge in [0.25, 0.3) is 5.91 Å². The van der Waals surface area contributed by atoms with Crippen molar-refractivity contribution >= 4 is 29.1 Å². The third kappa shape index (κ3) is 5.42. The van der Waals surface area contributed by atoms with Crippen molar-refractivity contribution in [3.8, 4) is 0 Å². The van der Waals surface area contributed by atoms with E-state index in [0.717, 1.165) is 12.4 Å². The predicted molar refractivity (Wildman–Crippen MR) is 122 cm³/mol.